The molecule has 19 heavy (non-hydrogen) atoms. The minimum Gasteiger partial charge on any atom is -0.228 e. The van der Waals surface area contributed by atoms with Gasteiger partial charge in [0.25, 0.3) is 0 Å². The molecule has 0 saturated heterocycles. The van der Waals surface area contributed by atoms with Gasteiger partial charge in [0.2, 0.25) is 9.84 Å². The first-order chi connectivity index (χ1) is 8.63. The van der Waals surface area contributed by atoms with E-state index in [4.69, 9.17) is 0 Å². The Morgan fingerprint density at radius 2 is 1.84 bits per heavy atom. The van der Waals surface area contributed by atoms with E-state index in [2.05, 4.69) is 0 Å². The van der Waals surface area contributed by atoms with E-state index in [1.165, 1.54) is 0 Å². The maximum atomic E-state index is 12.0. The minimum atomic E-state index is -3.50. The fraction of sp³-hybridized carbons (Fsp3) is 0.385. The van der Waals surface area contributed by atoms with Crippen molar-refractivity contribution in [1.29, 1.82) is 0 Å². The molecule has 0 aromatic heterocycles. The maximum Gasteiger partial charge on any atom is 0.200 e. The van der Waals surface area contributed by atoms with Gasteiger partial charge >= 0.3 is 0 Å². The van der Waals surface area contributed by atoms with Crippen molar-refractivity contribution in [1.82, 2.24) is 0 Å². The van der Waals surface area contributed by atoms with Crippen LogP contribution in [0.2, 0.25) is 0 Å². The van der Waals surface area contributed by atoms with Crippen molar-refractivity contribution in [2.24, 2.45) is 0 Å². The Morgan fingerprint density at radius 3 is 2.42 bits per heavy atom. The summed E-state index contributed by atoms with van der Waals surface area (Å²) < 4.78 is 47.9. The number of hydrogen-bond donors (Lipinski definition) is 0. The highest BCUT2D eigenvalue weighted by Crippen LogP contribution is 2.35. The molecular weight excluding hydrogens is 284 g/mol. The average Bonchev–Trinajstić information content (AvgIpc) is 2.49. The third-order valence-corrected chi connectivity index (χ3v) is 6.86. The van der Waals surface area contributed by atoms with Gasteiger partial charge in [-0.1, -0.05) is 12.1 Å². The predicted molar refractivity (Wildman–Crippen MR) is 75.3 cm³/mol. The van der Waals surface area contributed by atoms with Gasteiger partial charge in [-0.25, -0.2) is 16.8 Å². The Labute approximate surface area is 114 Å². The van der Waals surface area contributed by atoms with Crippen molar-refractivity contribution in [2.75, 3.05) is 5.75 Å². The molecule has 6 heteroatoms. The van der Waals surface area contributed by atoms with Crippen LogP contribution in [0, 0.1) is 6.92 Å². The van der Waals surface area contributed by atoms with E-state index in [-0.39, 0.29) is 10.6 Å². The van der Waals surface area contributed by atoms with E-state index >= 15 is 0 Å². The summed E-state index contributed by atoms with van der Waals surface area (Å²) in [7, 11) is -6.82. The molecule has 0 saturated carbocycles. The van der Waals surface area contributed by atoms with Crippen molar-refractivity contribution in [3.63, 3.8) is 0 Å². The molecule has 0 atom stereocenters. The van der Waals surface area contributed by atoms with Crippen LogP contribution >= 0.6 is 0 Å². The van der Waals surface area contributed by atoms with Crippen molar-refractivity contribution in [3.8, 4) is 0 Å². The summed E-state index contributed by atoms with van der Waals surface area (Å²) in [4.78, 5) is 0.210. The zero-order chi connectivity index (χ0) is 14.4. The number of rotatable bonds is 3. The van der Waals surface area contributed by atoms with E-state index in [1.54, 1.807) is 39.0 Å². The van der Waals surface area contributed by atoms with Crippen LogP contribution in [0.1, 0.15) is 25.0 Å². The first-order valence-corrected chi connectivity index (χ1v) is 9.18. The van der Waals surface area contributed by atoms with Crippen molar-refractivity contribution in [3.05, 3.63) is 34.7 Å². The van der Waals surface area contributed by atoms with Crippen molar-refractivity contribution < 1.29 is 16.8 Å². The van der Waals surface area contributed by atoms with Crippen LogP contribution in [0.5, 0.6) is 0 Å². The number of benzene rings is 1. The molecule has 0 fully saturated rings. The van der Waals surface area contributed by atoms with Gasteiger partial charge in [0.15, 0.2) is 9.84 Å². The molecule has 0 unspecified atom stereocenters. The summed E-state index contributed by atoms with van der Waals surface area (Å²) in [5.74, 6) is -0.236. The highest BCUT2D eigenvalue weighted by Gasteiger charge is 2.30. The van der Waals surface area contributed by atoms with Crippen LogP contribution < -0.4 is 0 Å². The Hall–Kier alpha value is -1.14. The molecule has 1 aliphatic heterocycles. The van der Waals surface area contributed by atoms with E-state index in [1.807, 2.05) is 0 Å². The van der Waals surface area contributed by atoms with Crippen LogP contribution in [0.4, 0.5) is 0 Å². The molecule has 1 aromatic rings. The van der Waals surface area contributed by atoms with Gasteiger partial charge in [0.1, 0.15) is 0 Å². The summed E-state index contributed by atoms with van der Waals surface area (Å²) in [5, 5.41) is 0.558. The standard InChI is InChI=1S/C13H16O4S2/c1-9(2)18(14,15)7-11-8-19(16,17)13-6-10(3)4-5-12(11)13/h4-6,8-9H,7H2,1-3H3. The normalized spacial score (nSPS) is 17.4. The van der Waals surface area contributed by atoms with Crippen LogP contribution in [0.3, 0.4) is 0 Å². The molecule has 104 valence electrons. The molecule has 1 aromatic carbocycles. The third kappa shape index (κ3) is 2.60. The van der Waals surface area contributed by atoms with E-state index in [0.717, 1.165) is 11.0 Å². The summed E-state index contributed by atoms with van der Waals surface area (Å²) >= 11 is 0. The second kappa shape index (κ2) is 4.45. The zero-order valence-electron chi connectivity index (χ0n) is 11.0. The number of sulfone groups is 2. The molecule has 2 rings (SSSR count). The molecule has 0 bridgehead atoms. The molecule has 0 spiro atoms. The van der Waals surface area contributed by atoms with Crippen molar-refractivity contribution in [2.45, 2.75) is 30.9 Å². The van der Waals surface area contributed by atoms with Crippen LogP contribution in [0.15, 0.2) is 28.5 Å². The predicted octanol–water partition coefficient (Wildman–Crippen LogP) is 1.95. The second-order valence-corrected chi connectivity index (χ2v) is 9.37. The lowest BCUT2D eigenvalue weighted by Crippen LogP contribution is -2.18. The second-order valence-electron chi connectivity index (χ2n) is 5.04. The van der Waals surface area contributed by atoms with Crippen molar-refractivity contribution >= 4 is 25.2 Å². The zero-order valence-corrected chi connectivity index (χ0v) is 12.7. The summed E-state index contributed by atoms with van der Waals surface area (Å²) in [6.45, 7) is 4.99. The van der Waals surface area contributed by atoms with Gasteiger partial charge in [-0.3, -0.25) is 0 Å². The fourth-order valence-electron chi connectivity index (χ4n) is 1.94. The smallest absolute Gasteiger partial charge is 0.200 e. The average molecular weight is 300 g/mol. The third-order valence-electron chi connectivity index (χ3n) is 3.16. The SMILES string of the molecule is Cc1ccc2c(c1)S(=O)(=O)C=C2CS(=O)(=O)C(C)C. The van der Waals surface area contributed by atoms with Gasteiger partial charge in [-0.2, -0.15) is 0 Å². The van der Waals surface area contributed by atoms with Gasteiger partial charge < -0.3 is 0 Å². The first-order valence-electron chi connectivity index (χ1n) is 5.92. The van der Waals surface area contributed by atoms with Gasteiger partial charge in [0, 0.05) is 5.41 Å². The number of aryl methyl sites for hydroxylation is 1. The molecule has 4 nitrogen and oxygen atoms in total. The first kappa shape index (κ1) is 14.3. The molecule has 1 aliphatic rings. The quantitative estimate of drug-likeness (QED) is 0.855. The van der Waals surface area contributed by atoms with Crippen LogP contribution in [-0.4, -0.2) is 27.8 Å². The van der Waals surface area contributed by atoms with E-state index in [9.17, 15) is 16.8 Å². The summed E-state index contributed by atoms with van der Waals surface area (Å²) in [6, 6.07) is 5.04. The monoisotopic (exact) mass is 300 g/mol. The Kier molecular flexibility index (Phi) is 3.35. The number of hydrogen-bond acceptors (Lipinski definition) is 4. The van der Waals surface area contributed by atoms with Crippen LogP contribution in [-0.2, 0) is 19.7 Å². The fourth-order valence-corrected chi connectivity index (χ4v) is 4.62. The largest absolute Gasteiger partial charge is 0.228 e. The topological polar surface area (TPSA) is 68.3 Å². The lowest BCUT2D eigenvalue weighted by Gasteiger charge is -2.09. The van der Waals surface area contributed by atoms with Gasteiger partial charge in [-0.05, 0) is 43.5 Å². The van der Waals surface area contributed by atoms with Crippen LogP contribution in [0.25, 0.3) is 5.57 Å². The highest BCUT2D eigenvalue weighted by molar-refractivity contribution is 7.95. The lowest BCUT2D eigenvalue weighted by atomic mass is 10.1. The molecule has 0 amide bonds. The highest BCUT2D eigenvalue weighted by atomic mass is 32.2. The summed E-state index contributed by atoms with van der Waals surface area (Å²) in [6.07, 6.45) is 0. The van der Waals surface area contributed by atoms with E-state index < -0.39 is 24.9 Å². The maximum absolute atomic E-state index is 12.0. The lowest BCUT2D eigenvalue weighted by molar-refractivity contribution is 0.590. The number of fused-ring (bicyclic) bond motifs is 1. The Bertz CT molecular complexity index is 754. The molecule has 1 heterocycles. The van der Waals surface area contributed by atoms with Gasteiger partial charge in [0.05, 0.1) is 15.9 Å². The molecule has 0 radical (unpaired) electrons. The molecular formula is C13H16O4S2. The van der Waals surface area contributed by atoms with Gasteiger partial charge in [-0.15, -0.1) is 0 Å². The molecule has 0 N–H and O–H groups in total. The summed E-state index contributed by atoms with van der Waals surface area (Å²) in [5.41, 5.74) is 1.71. The Morgan fingerprint density at radius 1 is 1.21 bits per heavy atom. The minimum absolute atomic E-state index is 0.210. The molecule has 0 aliphatic carbocycles. The Balaban J connectivity index is 2.53. The van der Waals surface area contributed by atoms with E-state index in [0.29, 0.717) is 11.1 Å².